The van der Waals surface area contributed by atoms with Gasteiger partial charge in [-0.05, 0) is 32.6 Å². The molecule has 0 aromatic carbocycles. The normalized spacial score (nSPS) is 25.8. The number of hydrogen-bond donors (Lipinski definition) is 2. The van der Waals surface area contributed by atoms with Crippen molar-refractivity contribution in [2.45, 2.75) is 65.6 Å². The monoisotopic (exact) mass is 242 g/mol. The van der Waals surface area contributed by atoms with Crippen molar-refractivity contribution < 1.29 is 9.53 Å². The first-order chi connectivity index (χ1) is 7.58. The van der Waals surface area contributed by atoms with E-state index in [-0.39, 0.29) is 17.6 Å². The van der Waals surface area contributed by atoms with Gasteiger partial charge in [0.1, 0.15) is 5.60 Å². The number of carbonyl (C=O) groups excluding carboxylic acids is 1. The summed E-state index contributed by atoms with van der Waals surface area (Å²) in [6.45, 7) is 13.1. The second-order valence-corrected chi connectivity index (χ2v) is 6.91. The van der Waals surface area contributed by atoms with Gasteiger partial charge in [-0.1, -0.05) is 20.8 Å². The van der Waals surface area contributed by atoms with Crippen LogP contribution in [0, 0.1) is 5.41 Å². The van der Waals surface area contributed by atoms with E-state index < -0.39 is 5.60 Å². The first-order valence-corrected chi connectivity index (χ1v) is 6.31. The molecule has 1 heterocycles. The molecule has 0 saturated carbocycles. The van der Waals surface area contributed by atoms with Gasteiger partial charge in [0.2, 0.25) is 0 Å². The number of amides is 1. The lowest BCUT2D eigenvalue weighted by Gasteiger charge is -2.27. The van der Waals surface area contributed by atoms with E-state index in [1.807, 2.05) is 20.8 Å². The second kappa shape index (κ2) is 4.84. The molecule has 0 radical (unpaired) electrons. The smallest absolute Gasteiger partial charge is 0.407 e. The van der Waals surface area contributed by atoms with Gasteiger partial charge >= 0.3 is 6.09 Å². The fraction of sp³-hybridized carbons (Fsp3) is 0.923. The molecule has 1 aliphatic heterocycles. The van der Waals surface area contributed by atoms with Crippen LogP contribution in [-0.4, -0.2) is 30.3 Å². The molecule has 0 spiro atoms. The van der Waals surface area contributed by atoms with Gasteiger partial charge in [-0.15, -0.1) is 0 Å². The van der Waals surface area contributed by atoms with Crippen molar-refractivity contribution in [1.29, 1.82) is 0 Å². The third-order valence-electron chi connectivity index (χ3n) is 2.90. The zero-order valence-electron chi connectivity index (χ0n) is 11.9. The summed E-state index contributed by atoms with van der Waals surface area (Å²) in [5.41, 5.74) is -0.204. The van der Waals surface area contributed by atoms with Crippen LogP contribution in [0.3, 0.4) is 0 Å². The minimum absolute atomic E-state index is 0.175. The lowest BCUT2D eigenvalue weighted by molar-refractivity contribution is 0.0507. The van der Waals surface area contributed by atoms with Crippen molar-refractivity contribution in [1.82, 2.24) is 10.6 Å². The second-order valence-electron chi connectivity index (χ2n) is 6.91. The Morgan fingerprint density at radius 2 is 1.82 bits per heavy atom. The number of carbonyl (C=O) groups is 1. The molecular weight excluding hydrogens is 216 g/mol. The first-order valence-electron chi connectivity index (χ1n) is 6.31. The summed E-state index contributed by atoms with van der Waals surface area (Å²) < 4.78 is 5.24. The third-order valence-corrected chi connectivity index (χ3v) is 2.90. The van der Waals surface area contributed by atoms with E-state index in [0.29, 0.717) is 6.04 Å². The molecule has 0 aromatic rings. The molecule has 100 valence electrons. The Morgan fingerprint density at radius 1 is 1.24 bits per heavy atom. The average molecular weight is 242 g/mol. The van der Waals surface area contributed by atoms with Crippen molar-refractivity contribution in [3.63, 3.8) is 0 Å². The van der Waals surface area contributed by atoms with Crippen LogP contribution in [0.1, 0.15) is 48.0 Å². The van der Waals surface area contributed by atoms with Crippen molar-refractivity contribution in [3.05, 3.63) is 0 Å². The van der Waals surface area contributed by atoms with Crippen molar-refractivity contribution in [3.8, 4) is 0 Å². The van der Waals surface area contributed by atoms with Gasteiger partial charge in [0.25, 0.3) is 0 Å². The molecule has 0 unspecified atom stereocenters. The number of hydrogen-bond acceptors (Lipinski definition) is 3. The predicted molar refractivity (Wildman–Crippen MR) is 69.0 cm³/mol. The van der Waals surface area contributed by atoms with Crippen LogP contribution in [0.25, 0.3) is 0 Å². The van der Waals surface area contributed by atoms with Gasteiger partial charge in [0.05, 0.1) is 0 Å². The molecule has 17 heavy (non-hydrogen) atoms. The number of nitrogens with one attached hydrogen (secondary N) is 2. The Balaban J connectivity index is 2.38. The highest BCUT2D eigenvalue weighted by Crippen LogP contribution is 2.26. The zero-order chi connectivity index (χ0) is 13.3. The van der Waals surface area contributed by atoms with E-state index in [9.17, 15) is 4.79 Å². The molecule has 4 heteroatoms. The van der Waals surface area contributed by atoms with Gasteiger partial charge in [-0.25, -0.2) is 4.79 Å². The van der Waals surface area contributed by atoms with Gasteiger partial charge < -0.3 is 15.4 Å². The number of rotatable bonds is 1. The fourth-order valence-electron chi connectivity index (χ4n) is 1.98. The number of alkyl carbamates (subject to hydrolysis) is 1. The van der Waals surface area contributed by atoms with Crippen LogP contribution < -0.4 is 10.6 Å². The van der Waals surface area contributed by atoms with Crippen LogP contribution in [0.5, 0.6) is 0 Å². The third kappa shape index (κ3) is 4.94. The quantitative estimate of drug-likeness (QED) is 0.741. The summed E-state index contributed by atoms with van der Waals surface area (Å²) in [7, 11) is 0. The van der Waals surface area contributed by atoms with E-state index in [1.165, 1.54) is 0 Å². The molecule has 0 bridgehead atoms. The molecule has 2 N–H and O–H groups in total. The van der Waals surface area contributed by atoms with Crippen LogP contribution in [-0.2, 0) is 4.74 Å². The van der Waals surface area contributed by atoms with Gasteiger partial charge in [-0.3, -0.25) is 0 Å². The maximum atomic E-state index is 11.6. The number of ether oxygens (including phenoxy) is 1. The molecule has 4 nitrogen and oxygen atoms in total. The topological polar surface area (TPSA) is 50.4 Å². The molecule has 1 rings (SSSR count). The summed E-state index contributed by atoms with van der Waals surface area (Å²) in [6.07, 6.45) is 0.641. The Labute approximate surface area is 104 Å². The first kappa shape index (κ1) is 14.3. The van der Waals surface area contributed by atoms with Gasteiger partial charge in [-0.2, -0.15) is 0 Å². The minimum atomic E-state index is -0.431. The summed E-state index contributed by atoms with van der Waals surface area (Å²) >= 11 is 0. The highest BCUT2D eigenvalue weighted by molar-refractivity contribution is 5.68. The Morgan fingerprint density at radius 3 is 2.24 bits per heavy atom. The highest BCUT2D eigenvalue weighted by Gasteiger charge is 2.33. The van der Waals surface area contributed by atoms with E-state index in [4.69, 9.17) is 4.74 Å². The standard InChI is InChI=1S/C13H26N2O2/c1-12(2,3)10-7-9(8-14-10)15-11(16)17-13(4,5)6/h9-10,14H,7-8H2,1-6H3,(H,15,16)/t9-,10+/m1/s1. The SMILES string of the molecule is CC(C)(C)OC(=O)N[C@H]1CN[C@H](C(C)(C)C)C1. The molecule has 1 aliphatic rings. The average Bonchev–Trinajstić information content (AvgIpc) is 2.47. The lowest BCUT2D eigenvalue weighted by Crippen LogP contribution is -2.40. The molecule has 1 saturated heterocycles. The van der Waals surface area contributed by atoms with Gasteiger partial charge in [0.15, 0.2) is 0 Å². The lowest BCUT2D eigenvalue weighted by atomic mass is 9.85. The van der Waals surface area contributed by atoms with Crippen LogP contribution in [0.2, 0.25) is 0 Å². The molecular formula is C13H26N2O2. The molecule has 1 fully saturated rings. The molecule has 0 aliphatic carbocycles. The van der Waals surface area contributed by atoms with Crippen molar-refractivity contribution >= 4 is 6.09 Å². The Kier molecular flexibility index (Phi) is 4.07. The van der Waals surface area contributed by atoms with Crippen molar-refractivity contribution in [2.24, 2.45) is 5.41 Å². The largest absolute Gasteiger partial charge is 0.444 e. The van der Waals surface area contributed by atoms with E-state index in [0.717, 1.165) is 13.0 Å². The molecule has 0 aromatic heterocycles. The van der Waals surface area contributed by atoms with Crippen LogP contribution in [0.4, 0.5) is 4.79 Å². The highest BCUT2D eigenvalue weighted by atomic mass is 16.6. The summed E-state index contributed by atoms with van der Waals surface area (Å²) in [6, 6.07) is 0.622. The predicted octanol–water partition coefficient (Wildman–Crippen LogP) is 2.29. The zero-order valence-corrected chi connectivity index (χ0v) is 11.9. The van der Waals surface area contributed by atoms with Crippen LogP contribution in [0.15, 0.2) is 0 Å². The molecule has 1 amide bonds. The van der Waals surface area contributed by atoms with Gasteiger partial charge in [0, 0.05) is 18.6 Å². The van der Waals surface area contributed by atoms with E-state index in [1.54, 1.807) is 0 Å². The molecule has 2 atom stereocenters. The fourth-order valence-corrected chi connectivity index (χ4v) is 1.98. The van der Waals surface area contributed by atoms with E-state index in [2.05, 4.69) is 31.4 Å². The maximum absolute atomic E-state index is 11.6. The summed E-state index contributed by atoms with van der Waals surface area (Å²) in [5.74, 6) is 0. The maximum Gasteiger partial charge on any atom is 0.407 e. The summed E-state index contributed by atoms with van der Waals surface area (Å²) in [4.78, 5) is 11.6. The van der Waals surface area contributed by atoms with Crippen molar-refractivity contribution in [2.75, 3.05) is 6.54 Å². The Hall–Kier alpha value is -0.770. The van der Waals surface area contributed by atoms with E-state index >= 15 is 0 Å². The minimum Gasteiger partial charge on any atom is -0.444 e. The Bertz CT molecular complexity index is 276. The summed E-state index contributed by atoms with van der Waals surface area (Å²) in [5, 5.41) is 6.36. The van der Waals surface area contributed by atoms with Crippen LogP contribution >= 0.6 is 0 Å².